The van der Waals surface area contributed by atoms with E-state index in [0.29, 0.717) is 54.4 Å². The highest BCUT2D eigenvalue weighted by Gasteiger charge is 2.29. The summed E-state index contributed by atoms with van der Waals surface area (Å²) in [5.74, 6) is 0.618. The van der Waals surface area contributed by atoms with E-state index in [0.717, 1.165) is 16.8 Å². The maximum absolute atomic E-state index is 13.3. The maximum atomic E-state index is 13.3. The third-order valence-electron chi connectivity index (χ3n) is 6.91. The summed E-state index contributed by atoms with van der Waals surface area (Å²) in [5.41, 5.74) is 3.09. The third-order valence-corrected chi connectivity index (χ3v) is 8.21. The molecule has 6 rings (SSSR count). The number of carbonyl (C=O) groups excluding carboxylic acids is 1. The monoisotopic (exact) mass is 534 g/mol. The van der Waals surface area contributed by atoms with E-state index in [9.17, 15) is 13.2 Å². The summed E-state index contributed by atoms with van der Waals surface area (Å²) in [7, 11) is -1.41. The first-order chi connectivity index (χ1) is 18.2. The van der Waals surface area contributed by atoms with E-state index in [2.05, 4.69) is 20.5 Å². The van der Waals surface area contributed by atoms with Crippen molar-refractivity contribution >= 4 is 38.4 Å². The predicted molar refractivity (Wildman–Crippen MR) is 140 cm³/mol. The Bertz CT molecular complexity index is 1790. The lowest BCUT2D eigenvalue weighted by Gasteiger charge is -2.29. The second-order valence-electron chi connectivity index (χ2n) is 9.45. The van der Waals surface area contributed by atoms with Crippen molar-refractivity contribution in [3.05, 3.63) is 59.8 Å². The lowest BCUT2D eigenvalue weighted by atomic mass is 9.95. The molecule has 0 unspecified atom stereocenters. The summed E-state index contributed by atoms with van der Waals surface area (Å²) in [6, 6.07) is 7.34. The van der Waals surface area contributed by atoms with E-state index in [4.69, 9.17) is 10.1 Å². The van der Waals surface area contributed by atoms with Crippen molar-refractivity contribution in [2.75, 3.05) is 24.7 Å². The first kappa shape index (κ1) is 24.2. The number of hydrogen-bond donors (Lipinski definition) is 1. The van der Waals surface area contributed by atoms with Gasteiger partial charge in [-0.25, -0.2) is 27.2 Å². The van der Waals surface area contributed by atoms with Crippen LogP contribution in [0.15, 0.2) is 42.9 Å². The number of nitrogens with one attached hydrogen (secondary N) is 1. The topological polar surface area (TPSA) is 145 Å². The molecule has 0 aromatic carbocycles. The number of amides is 1. The highest BCUT2D eigenvalue weighted by molar-refractivity contribution is 7.88. The average molecular weight is 535 g/mol. The summed E-state index contributed by atoms with van der Waals surface area (Å²) in [5, 5.41) is 17.4. The molecule has 0 aliphatic carbocycles. The smallest absolute Gasteiger partial charge is 0.262 e. The molecule has 5 aromatic heterocycles. The van der Waals surface area contributed by atoms with E-state index < -0.39 is 10.0 Å². The molecular weight excluding hydrogens is 508 g/mol. The van der Waals surface area contributed by atoms with Crippen LogP contribution in [-0.4, -0.2) is 77.1 Å². The summed E-state index contributed by atoms with van der Waals surface area (Å²) >= 11 is 0. The fourth-order valence-electron chi connectivity index (χ4n) is 4.93. The third kappa shape index (κ3) is 4.20. The number of anilines is 1. The van der Waals surface area contributed by atoms with Gasteiger partial charge in [-0.05, 0) is 38.0 Å². The van der Waals surface area contributed by atoms with Crippen LogP contribution < -0.4 is 5.32 Å². The van der Waals surface area contributed by atoms with Crippen LogP contribution in [-0.2, 0) is 17.1 Å². The number of nitrogens with zero attached hydrogens (tertiary/aromatic N) is 9. The predicted octanol–water partition coefficient (Wildman–Crippen LogP) is 1.90. The van der Waals surface area contributed by atoms with E-state index in [1.54, 1.807) is 27.8 Å². The van der Waals surface area contributed by atoms with Gasteiger partial charge >= 0.3 is 0 Å². The molecule has 1 aliphatic heterocycles. The van der Waals surface area contributed by atoms with E-state index >= 15 is 0 Å². The molecule has 1 saturated heterocycles. The first-order valence-corrected chi connectivity index (χ1v) is 14.0. The molecule has 196 valence electrons. The van der Waals surface area contributed by atoms with Crippen LogP contribution in [0.2, 0.25) is 0 Å². The van der Waals surface area contributed by atoms with Crippen molar-refractivity contribution in [2.24, 2.45) is 7.05 Å². The molecule has 0 saturated carbocycles. The number of carbonyl (C=O) groups is 1. The maximum Gasteiger partial charge on any atom is 0.262 e. The molecule has 38 heavy (non-hydrogen) atoms. The molecule has 1 aliphatic rings. The van der Waals surface area contributed by atoms with Crippen LogP contribution in [0.5, 0.6) is 0 Å². The van der Waals surface area contributed by atoms with Crippen LogP contribution in [0, 0.1) is 6.92 Å². The van der Waals surface area contributed by atoms with Crippen LogP contribution in [0.3, 0.4) is 0 Å². The van der Waals surface area contributed by atoms with Crippen molar-refractivity contribution in [2.45, 2.75) is 25.7 Å². The Morgan fingerprint density at radius 2 is 1.92 bits per heavy atom. The van der Waals surface area contributed by atoms with Crippen LogP contribution in [0.4, 0.5) is 5.82 Å². The van der Waals surface area contributed by atoms with Gasteiger partial charge in [0.25, 0.3) is 5.91 Å². The molecule has 1 N–H and O–H groups in total. The zero-order chi connectivity index (χ0) is 26.6. The standard InChI is InChI=1S/C24H26N10O3S/c1-15-17-5-6-20(27-23(17)31(2)29-15)34-21(28-24(35)18-14-26-33-10-4-9-25-22(18)33)13-19(30-34)16-7-11-32(12-8-16)38(3,36)37/h4-6,9-10,13-14,16H,7-8,11-12H2,1-3H3,(H,28,35). The second-order valence-corrected chi connectivity index (χ2v) is 11.4. The van der Waals surface area contributed by atoms with Gasteiger partial charge in [-0.1, -0.05) is 0 Å². The van der Waals surface area contributed by atoms with Crippen LogP contribution >= 0.6 is 0 Å². The van der Waals surface area contributed by atoms with Crippen LogP contribution in [0.25, 0.3) is 22.5 Å². The Labute approximate surface area is 218 Å². The number of pyridine rings is 1. The molecule has 13 nitrogen and oxygen atoms in total. The summed E-state index contributed by atoms with van der Waals surface area (Å²) in [4.78, 5) is 22.4. The lowest BCUT2D eigenvalue weighted by Crippen LogP contribution is -2.37. The summed E-state index contributed by atoms with van der Waals surface area (Å²) in [6.45, 7) is 2.77. The minimum Gasteiger partial charge on any atom is -0.306 e. The number of hydrogen-bond acceptors (Lipinski definition) is 8. The van der Waals surface area contributed by atoms with Gasteiger partial charge in [-0.15, -0.1) is 0 Å². The normalized spacial score (nSPS) is 15.4. The van der Waals surface area contributed by atoms with Gasteiger partial charge in [0.15, 0.2) is 17.1 Å². The van der Waals surface area contributed by atoms with Gasteiger partial charge in [-0.3, -0.25) is 9.48 Å². The Morgan fingerprint density at radius 3 is 2.68 bits per heavy atom. The minimum atomic E-state index is -3.24. The summed E-state index contributed by atoms with van der Waals surface area (Å²) < 4.78 is 30.3. The van der Waals surface area contributed by atoms with Crippen molar-refractivity contribution in [1.82, 2.24) is 43.4 Å². The van der Waals surface area contributed by atoms with Crippen LogP contribution in [0.1, 0.15) is 40.5 Å². The Kier molecular flexibility index (Phi) is 5.72. The van der Waals surface area contributed by atoms with Crippen molar-refractivity contribution in [1.29, 1.82) is 0 Å². The number of aryl methyl sites for hydroxylation is 2. The minimum absolute atomic E-state index is 0.0335. The van der Waals surface area contributed by atoms with Gasteiger partial charge in [0, 0.05) is 49.9 Å². The molecular formula is C24H26N10O3S. The molecule has 1 amide bonds. The van der Waals surface area contributed by atoms with Gasteiger partial charge < -0.3 is 5.32 Å². The van der Waals surface area contributed by atoms with Crippen molar-refractivity contribution in [3.8, 4) is 5.82 Å². The van der Waals surface area contributed by atoms with Gasteiger partial charge in [-0.2, -0.15) is 20.0 Å². The van der Waals surface area contributed by atoms with Crippen molar-refractivity contribution in [3.63, 3.8) is 0 Å². The number of piperidine rings is 1. The fraction of sp³-hybridized carbons (Fsp3) is 0.333. The quantitative estimate of drug-likeness (QED) is 0.360. The number of rotatable bonds is 5. The molecule has 0 bridgehead atoms. The first-order valence-electron chi connectivity index (χ1n) is 12.1. The highest BCUT2D eigenvalue weighted by Crippen LogP contribution is 2.31. The number of aromatic nitrogens is 8. The van der Waals surface area contributed by atoms with Crippen molar-refractivity contribution < 1.29 is 13.2 Å². The Balaban J connectivity index is 1.38. The Morgan fingerprint density at radius 1 is 1.13 bits per heavy atom. The molecule has 5 aromatic rings. The fourth-order valence-corrected chi connectivity index (χ4v) is 5.80. The molecule has 14 heteroatoms. The second kappa shape index (κ2) is 8.99. The zero-order valence-corrected chi connectivity index (χ0v) is 21.9. The van der Waals surface area contributed by atoms with E-state index in [-0.39, 0.29) is 11.8 Å². The number of fused-ring (bicyclic) bond motifs is 2. The average Bonchev–Trinajstić information content (AvgIpc) is 3.59. The number of sulfonamides is 1. The summed E-state index contributed by atoms with van der Waals surface area (Å²) in [6.07, 6.45) is 7.29. The van der Waals surface area contributed by atoms with E-state index in [1.807, 2.05) is 32.2 Å². The largest absolute Gasteiger partial charge is 0.306 e. The molecule has 1 fully saturated rings. The van der Waals surface area contributed by atoms with Gasteiger partial charge in [0.2, 0.25) is 10.0 Å². The SMILES string of the molecule is Cc1nn(C)c2nc(-n3nc(C4CCN(S(C)(=O)=O)CC4)cc3NC(=O)c3cnn4cccnc34)ccc12. The molecule has 6 heterocycles. The zero-order valence-electron chi connectivity index (χ0n) is 21.1. The van der Waals surface area contributed by atoms with Gasteiger partial charge in [0.1, 0.15) is 11.4 Å². The lowest BCUT2D eigenvalue weighted by molar-refractivity contribution is 0.102. The highest BCUT2D eigenvalue weighted by atomic mass is 32.2. The van der Waals surface area contributed by atoms with E-state index in [1.165, 1.54) is 21.3 Å². The molecule has 0 spiro atoms. The van der Waals surface area contributed by atoms with Gasteiger partial charge in [0.05, 0.1) is 23.8 Å². The molecule has 0 radical (unpaired) electrons. The Hall–Kier alpha value is -4.17. The molecule has 0 atom stereocenters.